The molecule has 1 fully saturated rings. The number of fused-ring (bicyclic) bond motifs is 1. The van der Waals surface area contributed by atoms with E-state index in [2.05, 4.69) is 37.4 Å². The summed E-state index contributed by atoms with van der Waals surface area (Å²) in [6.45, 7) is 4.64. The fourth-order valence-corrected chi connectivity index (χ4v) is 4.13. The predicted molar refractivity (Wildman–Crippen MR) is 123 cm³/mol. The summed E-state index contributed by atoms with van der Waals surface area (Å²) in [5.74, 6) is 1.88. The molecular formula is C24H26N6O. The fourth-order valence-electron chi connectivity index (χ4n) is 4.13. The summed E-state index contributed by atoms with van der Waals surface area (Å²) >= 11 is 0. The first kappa shape index (κ1) is 19.4. The van der Waals surface area contributed by atoms with Gasteiger partial charge in [-0.25, -0.2) is 9.97 Å². The zero-order chi connectivity index (χ0) is 21.2. The molecule has 0 saturated carbocycles. The molecule has 0 bridgehead atoms. The molecule has 1 aliphatic heterocycles. The van der Waals surface area contributed by atoms with Crippen LogP contribution in [0.15, 0.2) is 67.0 Å². The van der Waals surface area contributed by atoms with Crippen LogP contribution in [0, 0.1) is 0 Å². The summed E-state index contributed by atoms with van der Waals surface area (Å²) in [6.07, 6.45) is 3.82. The molecule has 7 heteroatoms. The highest BCUT2D eigenvalue weighted by atomic mass is 16.5. The number of hydrogen-bond acceptors (Lipinski definition) is 6. The van der Waals surface area contributed by atoms with Crippen LogP contribution in [0.1, 0.15) is 5.69 Å². The standard InChI is InChI=1S/C24H26N6O/c1-31-20-8-5-18(6-9-20)24-21(30-16-19(25)7-10-23(30)27-24)17-28-12-14-29(15-13-28)22-4-2-3-11-26-22/h2-11,16H,12-15,17,25H2,1H3. The van der Waals surface area contributed by atoms with Gasteiger partial charge in [0.15, 0.2) is 0 Å². The second-order valence-corrected chi connectivity index (χ2v) is 7.78. The summed E-state index contributed by atoms with van der Waals surface area (Å²) in [5.41, 5.74) is 10.9. The van der Waals surface area contributed by atoms with E-state index in [9.17, 15) is 0 Å². The van der Waals surface area contributed by atoms with Crippen molar-refractivity contribution in [3.63, 3.8) is 0 Å². The number of nitrogens with zero attached hydrogens (tertiary/aromatic N) is 5. The molecule has 3 aromatic heterocycles. The van der Waals surface area contributed by atoms with Gasteiger partial charge in [-0.2, -0.15) is 0 Å². The Morgan fingerprint density at radius 2 is 1.77 bits per heavy atom. The topological polar surface area (TPSA) is 71.9 Å². The molecule has 4 heterocycles. The highest BCUT2D eigenvalue weighted by Crippen LogP contribution is 2.28. The van der Waals surface area contributed by atoms with Gasteiger partial charge in [0.2, 0.25) is 0 Å². The molecule has 158 valence electrons. The van der Waals surface area contributed by atoms with Gasteiger partial charge in [0.05, 0.1) is 18.5 Å². The van der Waals surface area contributed by atoms with Crippen LogP contribution in [0.3, 0.4) is 0 Å². The highest BCUT2D eigenvalue weighted by Gasteiger charge is 2.22. The van der Waals surface area contributed by atoms with E-state index >= 15 is 0 Å². The van der Waals surface area contributed by atoms with Crippen LogP contribution in [-0.2, 0) is 6.54 Å². The van der Waals surface area contributed by atoms with Crippen LogP contribution in [0.2, 0.25) is 0 Å². The number of pyridine rings is 2. The molecule has 5 rings (SSSR count). The van der Waals surface area contributed by atoms with Gasteiger partial charge in [0.25, 0.3) is 0 Å². The van der Waals surface area contributed by atoms with E-state index in [1.165, 1.54) is 0 Å². The highest BCUT2D eigenvalue weighted by molar-refractivity contribution is 5.68. The van der Waals surface area contributed by atoms with Gasteiger partial charge in [0.1, 0.15) is 17.2 Å². The van der Waals surface area contributed by atoms with E-state index in [0.717, 1.165) is 72.6 Å². The Bertz CT molecular complexity index is 1160. The molecule has 0 amide bonds. The third-order valence-electron chi connectivity index (χ3n) is 5.82. The van der Waals surface area contributed by atoms with E-state index in [4.69, 9.17) is 15.5 Å². The molecule has 0 aliphatic carbocycles. The van der Waals surface area contributed by atoms with Crippen molar-refractivity contribution in [3.8, 4) is 17.0 Å². The second-order valence-electron chi connectivity index (χ2n) is 7.78. The Hall–Kier alpha value is -3.58. The first-order valence-electron chi connectivity index (χ1n) is 10.5. The molecule has 1 aliphatic rings. The number of nitrogen functional groups attached to an aromatic ring is 1. The van der Waals surface area contributed by atoms with Crippen molar-refractivity contribution in [3.05, 3.63) is 72.7 Å². The number of aromatic nitrogens is 3. The minimum atomic E-state index is 0.729. The van der Waals surface area contributed by atoms with Crippen molar-refractivity contribution in [2.24, 2.45) is 0 Å². The smallest absolute Gasteiger partial charge is 0.137 e. The van der Waals surface area contributed by atoms with Crippen LogP contribution in [0.4, 0.5) is 11.5 Å². The molecule has 1 saturated heterocycles. The number of anilines is 2. The average Bonchev–Trinajstić information content (AvgIpc) is 3.17. The van der Waals surface area contributed by atoms with Crippen molar-refractivity contribution in [2.75, 3.05) is 43.9 Å². The molecule has 4 aromatic rings. The second kappa shape index (κ2) is 8.28. The molecule has 31 heavy (non-hydrogen) atoms. The Balaban J connectivity index is 1.42. The van der Waals surface area contributed by atoms with Gasteiger partial charge in [-0.1, -0.05) is 6.07 Å². The van der Waals surface area contributed by atoms with E-state index < -0.39 is 0 Å². The number of piperazine rings is 1. The predicted octanol–water partition coefficient (Wildman–Crippen LogP) is 3.31. The molecule has 0 unspecified atom stereocenters. The van der Waals surface area contributed by atoms with Gasteiger partial charge in [-0.3, -0.25) is 4.90 Å². The van der Waals surface area contributed by atoms with E-state index in [-0.39, 0.29) is 0 Å². The van der Waals surface area contributed by atoms with E-state index in [0.29, 0.717) is 0 Å². The number of imidazole rings is 1. The van der Waals surface area contributed by atoms with Crippen LogP contribution in [-0.4, -0.2) is 52.6 Å². The maximum atomic E-state index is 6.10. The van der Waals surface area contributed by atoms with Gasteiger partial charge in [-0.15, -0.1) is 0 Å². The van der Waals surface area contributed by atoms with Gasteiger partial charge in [0, 0.05) is 56.4 Å². The minimum absolute atomic E-state index is 0.729. The Morgan fingerprint density at radius 3 is 2.48 bits per heavy atom. The Labute approximate surface area is 181 Å². The largest absolute Gasteiger partial charge is 0.497 e. The normalized spacial score (nSPS) is 14.8. The van der Waals surface area contributed by atoms with Gasteiger partial charge < -0.3 is 19.8 Å². The first-order chi connectivity index (χ1) is 15.2. The molecule has 0 radical (unpaired) electrons. The SMILES string of the molecule is COc1ccc(-c2nc3ccc(N)cn3c2CN2CCN(c3ccccn3)CC2)cc1. The summed E-state index contributed by atoms with van der Waals surface area (Å²) in [6, 6.07) is 18.0. The molecule has 2 N–H and O–H groups in total. The van der Waals surface area contributed by atoms with E-state index in [1.54, 1.807) is 7.11 Å². The van der Waals surface area contributed by atoms with Crippen molar-refractivity contribution < 1.29 is 4.74 Å². The Morgan fingerprint density at radius 1 is 0.968 bits per heavy atom. The molecule has 0 spiro atoms. The maximum Gasteiger partial charge on any atom is 0.137 e. The van der Waals surface area contributed by atoms with Crippen LogP contribution >= 0.6 is 0 Å². The third-order valence-corrected chi connectivity index (χ3v) is 5.82. The summed E-state index contributed by atoms with van der Waals surface area (Å²) < 4.78 is 7.44. The molecule has 0 atom stereocenters. The number of methoxy groups -OCH3 is 1. The summed E-state index contributed by atoms with van der Waals surface area (Å²) in [4.78, 5) is 14.2. The van der Waals surface area contributed by atoms with Gasteiger partial charge in [-0.05, 0) is 48.5 Å². The average molecular weight is 415 g/mol. The van der Waals surface area contributed by atoms with E-state index in [1.807, 2.05) is 48.8 Å². The monoisotopic (exact) mass is 414 g/mol. The zero-order valence-electron chi connectivity index (χ0n) is 17.6. The molecular weight excluding hydrogens is 388 g/mol. The van der Waals surface area contributed by atoms with Crippen molar-refractivity contribution in [1.29, 1.82) is 0 Å². The number of rotatable bonds is 5. The lowest BCUT2D eigenvalue weighted by Crippen LogP contribution is -2.46. The van der Waals surface area contributed by atoms with Crippen molar-refractivity contribution in [2.45, 2.75) is 6.54 Å². The quantitative estimate of drug-likeness (QED) is 0.540. The minimum Gasteiger partial charge on any atom is -0.497 e. The lowest BCUT2D eigenvalue weighted by Gasteiger charge is -2.35. The van der Waals surface area contributed by atoms with Crippen molar-refractivity contribution >= 4 is 17.2 Å². The fraction of sp³-hybridized carbons (Fsp3) is 0.250. The van der Waals surface area contributed by atoms with Crippen LogP contribution in [0.25, 0.3) is 16.9 Å². The summed E-state index contributed by atoms with van der Waals surface area (Å²) in [7, 11) is 1.68. The number of nitrogens with two attached hydrogens (primary N) is 1. The first-order valence-corrected chi connectivity index (χ1v) is 10.5. The van der Waals surface area contributed by atoms with Crippen LogP contribution < -0.4 is 15.4 Å². The van der Waals surface area contributed by atoms with Crippen LogP contribution in [0.5, 0.6) is 5.75 Å². The van der Waals surface area contributed by atoms with Gasteiger partial charge >= 0.3 is 0 Å². The molecule has 1 aromatic carbocycles. The summed E-state index contributed by atoms with van der Waals surface area (Å²) in [5, 5.41) is 0. The number of ether oxygens (including phenoxy) is 1. The van der Waals surface area contributed by atoms with Crippen molar-refractivity contribution in [1.82, 2.24) is 19.3 Å². The number of benzene rings is 1. The lowest BCUT2D eigenvalue weighted by molar-refractivity contribution is 0.246. The lowest BCUT2D eigenvalue weighted by atomic mass is 10.1. The molecule has 7 nitrogen and oxygen atoms in total. The maximum absolute atomic E-state index is 6.10. The zero-order valence-corrected chi connectivity index (χ0v) is 17.6. The number of hydrogen-bond donors (Lipinski definition) is 1. The third kappa shape index (κ3) is 3.92. The Kier molecular flexibility index (Phi) is 5.18.